The lowest BCUT2D eigenvalue weighted by Crippen LogP contribution is -2.54. The zero-order valence-corrected chi connectivity index (χ0v) is 8.35. The highest BCUT2D eigenvalue weighted by Gasteiger charge is 2.43. The van der Waals surface area contributed by atoms with Crippen LogP contribution in [-0.4, -0.2) is 47.5 Å². The SMILES string of the molecule is O=C(C1CNC1)N1CC2CC1CS2. The highest BCUT2D eigenvalue weighted by Crippen LogP contribution is 2.38. The molecule has 13 heavy (non-hydrogen) atoms. The number of fused-ring (bicyclic) bond motifs is 2. The number of carbonyl (C=O) groups excluding carboxylic acids is 1. The molecule has 0 aromatic carbocycles. The van der Waals surface area contributed by atoms with E-state index >= 15 is 0 Å². The molecule has 3 saturated heterocycles. The van der Waals surface area contributed by atoms with Gasteiger partial charge in [0.05, 0.1) is 5.92 Å². The number of thioether (sulfide) groups is 1. The standard InChI is InChI=1S/C9H14N2OS/c12-9(6-2-10-3-6)11-4-8-1-7(11)5-13-8/h6-8,10H,1-5H2. The van der Waals surface area contributed by atoms with Crippen LogP contribution >= 0.6 is 11.8 Å². The quantitative estimate of drug-likeness (QED) is 0.640. The van der Waals surface area contributed by atoms with Crippen LogP contribution in [0.4, 0.5) is 0 Å². The van der Waals surface area contributed by atoms with E-state index in [9.17, 15) is 4.79 Å². The highest BCUT2D eigenvalue weighted by molar-refractivity contribution is 8.00. The van der Waals surface area contributed by atoms with Crippen molar-refractivity contribution in [1.82, 2.24) is 10.2 Å². The summed E-state index contributed by atoms with van der Waals surface area (Å²) < 4.78 is 0. The summed E-state index contributed by atoms with van der Waals surface area (Å²) in [5.74, 6) is 1.88. The molecule has 1 N–H and O–H groups in total. The van der Waals surface area contributed by atoms with E-state index in [1.54, 1.807) is 0 Å². The van der Waals surface area contributed by atoms with Gasteiger partial charge in [-0.2, -0.15) is 11.8 Å². The van der Waals surface area contributed by atoms with E-state index in [4.69, 9.17) is 0 Å². The van der Waals surface area contributed by atoms with Crippen molar-refractivity contribution in [3.8, 4) is 0 Å². The second-order valence-corrected chi connectivity index (χ2v) is 5.52. The molecule has 2 bridgehead atoms. The zero-order chi connectivity index (χ0) is 8.84. The fourth-order valence-electron chi connectivity index (χ4n) is 2.37. The van der Waals surface area contributed by atoms with Gasteiger partial charge in [0.25, 0.3) is 0 Å². The van der Waals surface area contributed by atoms with E-state index < -0.39 is 0 Å². The average molecular weight is 198 g/mol. The van der Waals surface area contributed by atoms with Crippen LogP contribution in [0.25, 0.3) is 0 Å². The average Bonchev–Trinajstić information content (AvgIpc) is 2.59. The predicted molar refractivity (Wildman–Crippen MR) is 52.7 cm³/mol. The Balaban J connectivity index is 1.68. The van der Waals surface area contributed by atoms with Crippen molar-refractivity contribution in [2.75, 3.05) is 25.4 Å². The topological polar surface area (TPSA) is 32.3 Å². The first kappa shape index (κ1) is 8.12. The van der Waals surface area contributed by atoms with Gasteiger partial charge in [-0.05, 0) is 6.42 Å². The first-order chi connectivity index (χ1) is 6.34. The van der Waals surface area contributed by atoms with E-state index in [1.165, 1.54) is 12.2 Å². The van der Waals surface area contributed by atoms with Gasteiger partial charge in [0.2, 0.25) is 5.91 Å². The molecule has 4 heteroatoms. The van der Waals surface area contributed by atoms with Gasteiger partial charge < -0.3 is 10.2 Å². The van der Waals surface area contributed by atoms with Crippen molar-refractivity contribution in [3.63, 3.8) is 0 Å². The molecule has 1 amide bonds. The maximum absolute atomic E-state index is 11.9. The van der Waals surface area contributed by atoms with E-state index in [2.05, 4.69) is 10.2 Å². The third kappa shape index (κ3) is 1.19. The van der Waals surface area contributed by atoms with Crippen molar-refractivity contribution in [2.45, 2.75) is 17.7 Å². The number of rotatable bonds is 1. The molecule has 3 fully saturated rings. The third-order valence-corrected chi connectivity index (χ3v) is 4.70. The highest BCUT2D eigenvalue weighted by atomic mass is 32.2. The number of nitrogens with zero attached hydrogens (tertiary/aromatic N) is 1. The maximum atomic E-state index is 11.9. The lowest BCUT2D eigenvalue weighted by atomic mass is 10.0. The molecule has 0 aromatic heterocycles. The lowest BCUT2D eigenvalue weighted by molar-refractivity contribution is -0.137. The number of carbonyl (C=O) groups is 1. The van der Waals surface area contributed by atoms with Crippen LogP contribution in [0.2, 0.25) is 0 Å². The number of hydrogen-bond donors (Lipinski definition) is 1. The van der Waals surface area contributed by atoms with Gasteiger partial charge in [-0.3, -0.25) is 4.79 Å². The summed E-state index contributed by atoms with van der Waals surface area (Å²) in [6.45, 7) is 2.82. The van der Waals surface area contributed by atoms with Gasteiger partial charge >= 0.3 is 0 Å². The van der Waals surface area contributed by atoms with Crippen molar-refractivity contribution >= 4 is 17.7 Å². The third-order valence-electron chi connectivity index (χ3n) is 3.31. The molecular formula is C9H14N2OS. The Morgan fingerprint density at radius 2 is 2.31 bits per heavy atom. The van der Waals surface area contributed by atoms with Crippen LogP contribution in [0.5, 0.6) is 0 Å². The van der Waals surface area contributed by atoms with Crippen molar-refractivity contribution in [3.05, 3.63) is 0 Å². The Bertz CT molecular complexity index is 242. The molecule has 2 atom stereocenters. The summed E-state index contributed by atoms with van der Waals surface area (Å²) in [5.41, 5.74) is 0. The minimum atomic E-state index is 0.296. The summed E-state index contributed by atoms with van der Waals surface area (Å²) in [6.07, 6.45) is 1.25. The fourth-order valence-corrected chi connectivity index (χ4v) is 3.80. The molecule has 0 aromatic rings. The van der Waals surface area contributed by atoms with Crippen LogP contribution in [0.1, 0.15) is 6.42 Å². The number of amides is 1. The van der Waals surface area contributed by atoms with Gasteiger partial charge in [-0.1, -0.05) is 0 Å². The van der Waals surface area contributed by atoms with E-state index in [1.807, 2.05) is 11.8 Å². The summed E-state index contributed by atoms with van der Waals surface area (Å²) in [4.78, 5) is 14.0. The van der Waals surface area contributed by atoms with Crippen LogP contribution in [-0.2, 0) is 4.79 Å². The fraction of sp³-hybridized carbons (Fsp3) is 0.889. The Morgan fingerprint density at radius 3 is 2.77 bits per heavy atom. The number of hydrogen-bond acceptors (Lipinski definition) is 3. The molecule has 0 saturated carbocycles. The van der Waals surface area contributed by atoms with Crippen molar-refractivity contribution in [1.29, 1.82) is 0 Å². The predicted octanol–water partition coefficient (Wildman–Crippen LogP) is -0.0779. The summed E-state index contributed by atoms with van der Waals surface area (Å²) in [6, 6.07) is 0.572. The van der Waals surface area contributed by atoms with Crippen molar-refractivity contribution in [2.24, 2.45) is 5.92 Å². The van der Waals surface area contributed by atoms with E-state index in [0.717, 1.165) is 24.9 Å². The van der Waals surface area contributed by atoms with Gasteiger partial charge in [-0.15, -0.1) is 0 Å². The van der Waals surface area contributed by atoms with Crippen LogP contribution in [0.15, 0.2) is 0 Å². The second kappa shape index (κ2) is 2.89. The monoisotopic (exact) mass is 198 g/mol. The molecule has 3 rings (SSSR count). The van der Waals surface area contributed by atoms with Gasteiger partial charge in [0, 0.05) is 36.7 Å². The molecule has 0 aliphatic carbocycles. The van der Waals surface area contributed by atoms with Crippen LogP contribution < -0.4 is 5.32 Å². The molecule has 3 heterocycles. The molecule has 0 radical (unpaired) electrons. The second-order valence-electron chi connectivity index (χ2n) is 4.19. The van der Waals surface area contributed by atoms with Gasteiger partial charge in [0.1, 0.15) is 0 Å². The lowest BCUT2D eigenvalue weighted by Gasteiger charge is -2.34. The minimum absolute atomic E-state index is 0.296. The largest absolute Gasteiger partial charge is 0.337 e. The maximum Gasteiger partial charge on any atom is 0.228 e. The molecule has 3 nitrogen and oxygen atoms in total. The normalized spacial score (nSPS) is 38.0. The van der Waals surface area contributed by atoms with Crippen molar-refractivity contribution < 1.29 is 4.79 Å². The zero-order valence-electron chi connectivity index (χ0n) is 7.53. The first-order valence-corrected chi connectivity index (χ1v) is 6.02. The van der Waals surface area contributed by atoms with Gasteiger partial charge in [0.15, 0.2) is 0 Å². The number of likely N-dealkylation sites (tertiary alicyclic amines) is 1. The first-order valence-electron chi connectivity index (χ1n) is 4.97. The molecule has 2 unspecified atom stereocenters. The Hall–Kier alpha value is -0.220. The van der Waals surface area contributed by atoms with E-state index in [0.29, 0.717) is 17.9 Å². The van der Waals surface area contributed by atoms with Gasteiger partial charge in [-0.25, -0.2) is 0 Å². The Labute approximate surface area is 82.2 Å². The summed E-state index contributed by atoms with van der Waals surface area (Å²) >= 11 is 2.04. The minimum Gasteiger partial charge on any atom is -0.337 e. The molecule has 72 valence electrons. The summed E-state index contributed by atoms with van der Waals surface area (Å²) in [7, 11) is 0. The molecule has 3 aliphatic heterocycles. The molecule has 0 spiro atoms. The van der Waals surface area contributed by atoms with Crippen LogP contribution in [0.3, 0.4) is 0 Å². The Morgan fingerprint density at radius 1 is 1.46 bits per heavy atom. The summed E-state index contributed by atoms with van der Waals surface area (Å²) in [5, 5.41) is 3.91. The molecule has 3 aliphatic rings. The smallest absolute Gasteiger partial charge is 0.228 e. The number of nitrogens with one attached hydrogen (secondary N) is 1. The Kier molecular flexibility index (Phi) is 1.80. The van der Waals surface area contributed by atoms with E-state index in [-0.39, 0.29) is 0 Å². The van der Waals surface area contributed by atoms with Crippen LogP contribution in [0, 0.1) is 5.92 Å². The molecular weight excluding hydrogens is 184 g/mol.